The lowest BCUT2D eigenvalue weighted by atomic mass is 10.2. The molecule has 0 radical (unpaired) electrons. The van der Waals surface area contributed by atoms with Crippen LogP contribution in [-0.4, -0.2) is 24.5 Å². The number of halogens is 2. The number of hydrogen-bond donors (Lipinski definition) is 2. The first-order valence-corrected chi connectivity index (χ1v) is 9.24. The van der Waals surface area contributed by atoms with Gasteiger partial charge in [-0.3, -0.25) is 0 Å². The van der Waals surface area contributed by atoms with Gasteiger partial charge >= 0.3 is 0 Å². The predicted octanol–water partition coefficient (Wildman–Crippen LogP) is 4.71. The van der Waals surface area contributed by atoms with Crippen LogP contribution in [0.15, 0.2) is 42.5 Å². The van der Waals surface area contributed by atoms with E-state index in [1.54, 1.807) is 31.0 Å². The summed E-state index contributed by atoms with van der Waals surface area (Å²) in [7, 11) is 1.62. The van der Waals surface area contributed by atoms with Crippen LogP contribution in [0.1, 0.15) is 5.56 Å². The summed E-state index contributed by atoms with van der Waals surface area (Å²) in [6, 6.07) is 12.3. The van der Waals surface area contributed by atoms with E-state index in [4.69, 9.17) is 28.6 Å². The molecular weight excluding hydrogens is 367 g/mol. The molecule has 2 rings (SSSR count). The summed E-state index contributed by atoms with van der Waals surface area (Å²) in [6.45, 7) is 0.673. The Hall–Kier alpha value is -1.50. The zero-order valence-corrected chi connectivity index (χ0v) is 15.5. The van der Waals surface area contributed by atoms with Crippen molar-refractivity contribution in [2.45, 2.75) is 5.75 Å². The summed E-state index contributed by atoms with van der Waals surface area (Å²) in [5.41, 5.74) is 1.40. The van der Waals surface area contributed by atoms with E-state index in [9.17, 15) is 4.39 Å². The van der Waals surface area contributed by atoms with Crippen molar-refractivity contribution in [3.05, 3.63) is 58.9 Å². The van der Waals surface area contributed by atoms with Gasteiger partial charge in [0, 0.05) is 40.4 Å². The Balaban J connectivity index is 1.69. The molecule has 0 aliphatic carbocycles. The van der Waals surface area contributed by atoms with Gasteiger partial charge in [-0.1, -0.05) is 23.7 Å². The van der Waals surface area contributed by atoms with Gasteiger partial charge in [0.05, 0.1) is 7.11 Å². The van der Waals surface area contributed by atoms with E-state index in [2.05, 4.69) is 10.6 Å². The number of anilines is 1. The maximum Gasteiger partial charge on any atom is 0.170 e. The summed E-state index contributed by atoms with van der Waals surface area (Å²) in [4.78, 5) is 0. The van der Waals surface area contributed by atoms with Crippen LogP contribution in [0.2, 0.25) is 5.02 Å². The number of methoxy groups -OCH3 is 1. The molecule has 0 aliphatic heterocycles. The van der Waals surface area contributed by atoms with Gasteiger partial charge in [-0.2, -0.15) is 11.8 Å². The third-order valence-electron chi connectivity index (χ3n) is 3.17. The van der Waals surface area contributed by atoms with Crippen LogP contribution in [0.3, 0.4) is 0 Å². The Morgan fingerprint density at radius 1 is 1.29 bits per heavy atom. The highest BCUT2D eigenvalue weighted by Gasteiger charge is 2.06. The SMILES string of the molecule is COc1cccc(NC(=S)NCCSCc2c(F)cccc2Cl)c1. The summed E-state index contributed by atoms with van der Waals surface area (Å²) < 4.78 is 18.8. The van der Waals surface area contributed by atoms with Crippen molar-refractivity contribution in [3.63, 3.8) is 0 Å². The molecule has 0 saturated heterocycles. The second-order valence-electron chi connectivity index (χ2n) is 4.87. The quantitative estimate of drug-likeness (QED) is 0.533. The largest absolute Gasteiger partial charge is 0.497 e. The van der Waals surface area contributed by atoms with Crippen molar-refractivity contribution in [1.82, 2.24) is 5.32 Å². The van der Waals surface area contributed by atoms with Gasteiger partial charge in [0.2, 0.25) is 0 Å². The number of ether oxygens (including phenoxy) is 1. The van der Waals surface area contributed by atoms with E-state index in [0.29, 0.717) is 28.0 Å². The van der Waals surface area contributed by atoms with Gasteiger partial charge in [-0.15, -0.1) is 0 Å². The molecule has 2 aromatic carbocycles. The Bertz CT molecular complexity index is 680. The summed E-state index contributed by atoms with van der Waals surface area (Å²) in [5, 5.41) is 7.21. The highest BCUT2D eigenvalue weighted by Crippen LogP contribution is 2.23. The Kier molecular flexibility index (Phi) is 7.62. The monoisotopic (exact) mass is 384 g/mol. The van der Waals surface area contributed by atoms with E-state index in [1.165, 1.54) is 6.07 Å². The Morgan fingerprint density at radius 2 is 2.08 bits per heavy atom. The lowest BCUT2D eigenvalue weighted by molar-refractivity contribution is 0.415. The molecule has 0 amide bonds. The fraction of sp³-hybridized carbons (Fsp3) is 0.235. The van der Waals surface area contributed by atoms with Crippen LogP contribution in [0.5, 0.6) is 5.75 Å². The van der Waals surface area contributed by atoms with Gasteiger partial charge in [-0.25, -0.2) is 4.39 Å². The molecule has 0 heterocycles. The number of thiocarbonyl (C=S) groups is 1. The molecule has 0 bridgehead atoms. The smallest absolute Gasteiger partial charge is 0.170 e. The van der Waals surface area contributed by atoms with Crippen LogP contribution >= 0.6 is 35.6 Å². The first kappa shape index (κ1) is 18.8. The molecule has 2 aromatic rings. The maximum atomic E-state index is 13.6. The zero-order chi connectivity index (χ0) is 17.4. The van der Waals surface area contributed by atoms with Gasteiger partial charge in [0.1, 0.15) is 11.6 Å². The number of rotatable bonds is 7. The van der Waals surface area contributed by atoms with Crippen molar-refractivity contribution >= 4 is 46.4 Å². The molecule has 24 heavy (non-hydrogen) atoms. The lowest BCUT2D eigenvalue weighted by Crippen LogP contribution is -2.30. The van der Waals surface area contributed by atoms with Gasteiger partial charge < -0.3 is 15.4 Å². The Labute approximate surface area is 155 Å². The van der Waals surface area contributed by atoms with E-state index in [-0.39, 0.29) is 5.82 Å². The number of thioether (sulfide) groups is 1. The molecule has 0 aromatic heterocycles. The third-order valence-corrected chi connectivity index (χ3v) is 4.75. The number of nitrogens with one attached hydrogen (secondary N) is 2. The summed E-state index contributed by atoms with van der Waals surface area (Å²) >= 11 is 12.8. The lowest BCUT2D eigenvalue weighted by Gasteiger charge is -2.11. The van der Waals surface area contributed by atoms with E-state index >= 15 is 0 Å². The average Bonchev–Trinajstić information content (AvgIpc) is 2.57. The molecule has 0 atom stereocenters. The van der Waals surface area contributed by atoms with Crippen molar-refractivity contribution in [2.75, 3.05) is 24.7 Å². The molecular formula is C17H18ClFN2OS2. The van der Waals surface area contributed by atoms with Crippen LogP contribution in [0.25, 0.3) is 0 Å². The first-order valence-electron chi connectivity index (χ1n) is 7.29. The highest BCUT2D eigenvalue weighted by molar-refractivity contribution is 7.98. The molecule has 3 nitrogen and oxygen atoms in total. The van der Waals surface area contributed by atoms with Crippen molar-refractivity contribution < 1.29 is 9.13 Å². The van der Waals surface area contributed by atoms with Crippen LogP contribution in [0.4, 0.5) is 10.1 Å². The minimum absolute atomic E-state index is 0.266. The van der Waals surface area contributed by atoms with Crippen molar-refractivity contribution in [3.8, 4) is 5.75 Å². The Morgan fingerprint density at radius 3 is 2.83 bits per heavy atom. The molecule has 0 unspecified atom stereocenters. The van der Waals surface area contributed by atoms with Gasteiger partial charge in [-0.05, 0) is 36.5 Å². The predicted molar refractivity (Wildman–Crippen MR) is 105 cm³/mol. The molecule has 2 N–H and O–H groups in total. The molecule has 0 saturated carbocycles. The molecule has 0 spiro atoms. The van der Waals surface area contributed by atoms with Gasteiger partial charge in [0.25, 0.3) is 0 Å². The molecule has 128 valence electrons. The van der Waals surface area contributed by atoms with Crippen LogP contribution in [-0.2, 0) is 5.75 Å². The van der Waals surface area contributed by atoms with E-state index in [1.807, 2.05) is 24.3 Å². The normalized spacial score (nSPS) is 10.3. The standard InChI is InChI=1S/C17H18ClFN2OS2/c1-22-13-5-2-4-12(10-13)21-17(23)20-8-9-24-11-14-15(18)6-3-7-16(14)19/h2-7,10H,8-9,11H2,1H3,(H2,20,21,23). The van der Waals surface area contributed by atoms with Gasteiger partial charge in [0.15, 0.2) is 5.11 Å². The van der Waals surface area contributed by atoms with E-state index < -0.39 is 0 Å². The minimum Gasteiger partial charge on any atom is -0.497 e. The second-order valence-corrected chi connectivity index (χ2v) is 6.79. The van der Waals surface area contributed by atoms with Crippen molar-refractivity contribution in [1.29, 1.82) is 0 Å². The second kappa shape index (κ2) is 9.71. The van der Waals surface area contributed by atoms with Crippen LogP contribution in [0, 0.1) is 5.82 Å². The van der Waals surface area contributed by atoms with Crippen LogP contribution < -0.4 is 15.4 Å². The fourth-order valence-corrected chi connectivity index (χ4v) is 3.37. The third kappa shape index (κ3) is 5.85. The topological polar surface area (TPSA) is 33.3 Å². The zero-order valence-electron chi connectivity index (χ0n) is 13.1. The first-order chi connectivity index (χ1) is 11.6. The molecule has 0 fully saturated rings. The average molecular weight is 385 g/mol. The summed E-state index contributed by atoms with van der Waals surface area (Å²) in [5.74, 6) is 1.81. The number of hydrogen-bond acceptors (Lipinski definition) is 3. The number of benzene rings is 2. The fourth-order valence-electron chi connectivity index (χ4n) is 1.96. The van der Waals surface area contributed by atoms with E-state index in [0.717, 1.165) is 17.2 Å². The minimum atomic E-state index is -0.266. The molecule has 7 heteroatoms. The maximum absolute atomic E-state index is 13.6. The summed E-state index contributed by atoms with van der Waals surface area (Å²) in [6.07, 6.45) is 0. The molecule has 0 aliphatic rings. The highest BCUT2D eigenvalue weighted by atomic mass is 35.5. The van der Waals surface area contributed by atoms with Crippen molar-refractivity contribution in [2.24, 2.45) is 0 Å².